The molecular formula is C15H23NO. The maximum absolute atomic E-state index is 6.31. The van der Waals surface area contributed by atoms with Crippen LogP contribution in [0.15, 0.2) is 30.3 Å². The lowest BCUT2D eigenvalue weighted by Gasteiger charge is -2.40. The number of ether oxygens (including phenoxy) is 1. The molecule has 2 nitrogen and oxygen atoms in total. The highest BCUT2D eigenvalue weighted by Crippen LogP contribution is 2.30. The van der Waals surface area contributed by atoms with Gasteiger partial charge in [0.25, 0.3) is 0 Å². The normalized spacial score (nSPS) is 29.5. The minimum Gasteiger partial charge on any atom is -0.365 e. The van der Waals surface area contributed by atoms with Gasteiger partial charge in [-0.3, -0.25) is 0 Å². The van der Waals surface area contributed by atoms with Crippen LogP contribution in [0.5, 0.6) is 0 Å². The molecule has 0 bridgehead atoms. The zero-order chi connectivity index (χ0) is 12.3. The van der Waals surface area contributed by atoms with Crippen LogP contribution in [0.1, 0.15) is 32.8 Å². The van der Waals surface area contributed by atoms with E-state index in [9.17, 15) is 0 Å². The van der Waals surface area contributed by atoms with Crippen LogP contribution >= 0.6 is 0 Å². The number of hydrogen-bond acceptors (Lipinski definition) is 2. The minimum atomic E-state index is -0.181. The van der Waals surface area contributed by atoms with Gasteiger partial charge >= 0.3 is 0 Å². The molecule has 1 heterocycles. The molecule has 1 aliphatic rings. The van der Waals surface area contributed by atoms with Crippen molar-refractivity contribution in [1.29, 1.82) is 0 Å². The van der Waals surface area contributed by atoms with E-state index in [0.717, 1.165) is 19.5 Å². The summed E-state index contributed by atoms with van der Waals surface area (Å²) in [4.78, 5) is 0. The maximum atomic E-state index is 6.31. The number of hydrogen-bond donors (Lipinski definition) is 1. The second kappa shape index (κ2) is 5.19. The lowest BCUT2D eigenvalue weighted by molar-refractivity contribution is -0.116. The van der Waals surface area contributed by atoms with Crippen molar-refractivity contribution in [2.45, 2.75) is 38.9 Å². The quantitative estimate of drug-likeness (QED) is 0.866. The molecule has 1 aliphatic heterocycles. The molecule has 0 aromatic heterocycles. The summed E-state index contributed by atoms with van der Waals surface area (Å²) in [6.07, 6.45) is 1.45. The number of nitrogens with one attached hydrogen (secondary N) is 1. The fourth-order valence-electron chi connectivity index (χ4n) is 2.54. The molecule has 0 saturated carbocycles. The van der Waals surface area contributed by atoms with Crippen LogP contribution in [0.2, 0.25) is 0 Å². The zero-order valence-electron chi connectivity index (χ0n) is 11.1. The van der Waals surface area contributed by atoms with E-state index >= 15 is 0 Å². The van der Waals surface area contributed by atoms with Crippen LogP contribution < -0.4 is 5.32 Å². The van der Waals surface area contributed by atoms with E-state index in [2.05, 4.69) is 56.4 Å². The van der Waals surface area contributed by atoms with Crippen molar-refractivity contribution < 1.29 is 4.74 Å². The van der Waals surface area contributed by atoms with Crippen molar-refractivity contribution in [3.8, 4) is 0 Å². The summed E-state index contributed by atoms with van der Waals surface area (Å²) in [5, 5.41) is 3.50. The van der Waals surface area contributed by atoms with Crippen LogP contribution in [0.25, 0.3) is 0 Å². The first-order valence-corrected chi connectivity index (χ1v) is 6.54. The summed E-state index contributed by atoms with van der Waals surface area (Å²) >= 11 is 0. The first kappa shape index (κ1) is 12.6. The standard InChI is InChI=1S/C15H23NO/c1-12(2)9-14-10-16-11-15(3,17-14)13-7-5-4-6-8-13/h4-8,12,14,16H,9-11H2,1-3H3. The third kappa shape index (κ3) is 3.08. The van der Waals surface area contributed by atoms with Crippen molar-refractivity contribution >= 4 is 0 Å². The molecule has 1 fully saturated rings. The molecule has 2 atom stereocenters. The van der Waals surface area contributed by atoms with Gasteiger partial charge < -0.3 is 10.1 Å². The van der Waals surface area contributed by atoms with Gasteiger partial charge in [-0.25, -0.2) is 0 Å². The summed E-state index contributed by atoms with van der Waals surface area (Å²) in [6, 6.07) is 10.5. The van der Waals surface area contributed by atoms with Crippen LogP contribution in [-0.4, -0.2) is 19.2 Å². The summed E-state index contributed by atoms with van der Waals surface area (Å²) < 4.78 is 6.31. The molecule has 1 saturated heterocycles. The lowest BCUT2D eigenvalue weighted by Crippen LogP contribution is -2.50. The fourth-order valence-corrected chi connectivity index (χ4v) is 2.54. The first-order chi connectivity index (χ1) is 8.10. The van der Waals surface area contributed by atoms with Crippen LogP contribution in [0.4, 0.5) is 0 Å². The molecule has 1 aromatic rings. The van der Waals surface area contributed by atoms with Crippen LogP contribution in [0, 0.1) is 5.92 Å². The molecule has 2 rings (SSSR count). The minimum absolute atomic E-state index is 0.181. The summed E-state index contributed by atoms with van der Waals surface area (Å²) in [7, 11) is 0. The van der Waals surface area contributed by atoms with Crippen LogP contribution in [-0.2, 0) is 10.3 Å². The molecule has 94 valence electrons. The van der Waals surface area contributed by atoms with E-state index in [1.165, 1.54) is 5.56 Å². The molecule has 0 aliphatic carbocycles. The highest BCUT2D eigenvalue weighted by molar-refractivity contribution is 5.23. The Morgan fingerprint density at radius 2 is 2.06 bits per heavy atom. The Balaban J connectivity index is 2.10. The molecule has 17 heavy (non-hydrogen) atoms. The molecular weight excluding hydrogens is 210 g/mol. The van der Waals surface area contributed by atoms with E-state index in [1.807, 2.05) is 0 Å². The molecule has 0 amide bonds. The molecule has 1 N–H and O–H groups in total. The van der Waals surface area contributed by atoms with Gasteiger partial charge in [0.2, 0.25) is 0 Å². The van der Waals surface area contributed by atoms with E-state index in [-0.39, 0.29) is 5.60 Å². The summed E-state index contributed by atoms with van der Waals surface area (Å²) in [5.41, 5.74) is 1.08. The van der Waals surface area contributed by atoms with E-state index in [0.29, 0.717) is 12.0 Å². The SMILES string of the molecule is CC(C)CC1CNCC(C)(c2ccccc2)O1. The van der Waals surface area contributed by atoms with Gasteiger partial charge in [-0.2, -0.15) is 0 Å². The Morgan fingerprint density at radius 3 is 2.71 bits per heavy atom. The van der Waals surface area contributed by atoms with Crippen LogP contribution in [0.3, 0.4) is 0 Å². The van der Waals surface area contributed by atoms with Gasteiger partial charge in [0.1, 0.15) is 5.60 Å². The Hall–Kier alpha value is -0.860. The maximum Gasteiger partial charge on any atom is 0.103 e. The Bertz CT molecular complexity index is 349. The second-order valence-electron chi connectivity index (χ2n) is 5.60. The number of rotatable bonds is 3. The predicted octanol–water partition coefficient (Wildman–Crippen LogP) is 2.94. The average molecular weight is 233 g/mol. The third-order valence-corrected chi connectivity index (χ3v) is 3.38. The molecule has 0 spiro atoms. The Morgan fingerprint density at radius 1 is 1.35 bits per heavy atom. The van der Waals surface area contributed by atoms with Gasteiger partial charge in [0.15, 0.2) is 0 Å². The lowest BCUT2D eigenvalue weighted by atomic mass is 9.92. The molecule has 1 aromatic carbocycles. The zero-order valence-corrected chi connectivity index (χ0v) is 11.1. The molecule has 0 radical (unpaired) electrons. The van der Waals surface area contributed by atoms with Crippen molar-refractivity contribution in [3.05, 3.63) is 35.9 Å². The smallest absolute Gasteiger partial charge is 0.103 e. The molecule has 2 heteroatoms. The third-order valence-electron chi connectivity index (χ3n) is 3.38. The van der Waals surface area contributed by atoms with E-state index in [1.54, 1.807) is 0 Å². The average Bonchev–Trinajstić information content (AvgIpc) is 2.29. The van der Waals surface area contributed by atoms with Gasteiger partial charge in [0, 0.05) is 13.1 Å². The monoisotopic (exact) mass is 233 g/mol. The van der Waals surface area contributed by atoms with Crippen molar-refractivity contribution in [1.82, 2.24) is 5.32 Å². The second-order valence-corrected chi connectivity index (χ2v) is 5.60. The molecule has 2 unspecified atom stereocenters. The highest BCUT2D eigenvalue weighted by Gasteiger charge is 2.34. The largest absolute Gasteiger partial charge is 0.365 e. The highest BCUT2D eigenvalue weighted by atomic mass is 16.5. The van der Waals surface area contributed by atoms with Gasteiger partial charge in [-0.15, -0.1) is 0 Å². The first-order valence-electron chi connectivity index (χ1n) is 6.54. The van der Waals surface area contributed by atoms with Crippen molar-refractivity contribution in [3.63, 3.8) is 0 Å². The summed E-state index contributed by atoms with van der Waals surface area (Å²) in [5.74, 6) is 0.680. The van der Waals surface area contributed by atoms with Crippen molar-refractivity contribution in [2.24, 2.45) is 5.92 Å². The van der Waals surface area contributed by atoms with Crippen molar-refractivity contribution in [2.75, 3.05) is 13.1 Å². The number of morpholine rings is 1. The Labute approximate surface area is 104 Å². The van der Waals surface area contributed by atoms with Gasteiger partial charge in [-0.1, -0.05) is 44.2 Å². The predicted molar refractivity (Wildman–Crippen MR) is 71.0 cm³/mol. The number of benzene rings is 1. The fraction of sp³-hybridized carbons (Fsp3) is 0.600. The van der Waals surface area contributed by atoms with E-state index < -0.39 is 0 Å². The summed E-state index contributed by atoms with van der Waals surface area (Å²) in [6.45, 7) is 8.55. The Kier molecular flexibility index (Phi) is 3.85. The topological polar surface area (TPSA) is 21.3 Å². The van der Waals surface area contributed by atoms with E-state index in [4.69, 9.17) is 4.74 Å². The van der Waals surface area contributed by atoms with Gasteiger partial charge in [-0.05, 0) is 24.8 Å². The van der Waals surface area contributed by atoms with Gasteiger partial charge in [0.05, 0.1) is 6.10 Å².